The molecule has 0 unspecified atom stereocenters. The van der Waals surface area contributed by atoms with Crippen molar-refractivity contribution >= 4 is 60.3 Å². The van der Waals surface area contributed by atoms with E-state index in [0.29, 0.717) is 0 Å². The summed E-state index contributed by atoms with van der Waals surface area (Å²) >= 11 is 8.59. The second-order valence-electron chi connectivity index (χ2n) is 6.54. The predicted octanol–water partition coefficient (Wildman–Crippen LogP) is 6.98. The Bertz CT molecular complexity index is 1110. The predicted molar refractivity (Wildman–Crippen MR) is 120 cm³/mol. The monoisotopic (exact) mass is 467 g/mol. The summed E-state index contributed by atoms with van der Waals surface area (Å²) in [6, 6.07) is 25.5. The van der Waals surface area contributed by atoms with Gasteiger partial charge in [0.2, 0.25) is 0 Å². The molecule has 0 saturated heterocycles. The Balaban J connectivity index is 1.81. The third kappa shape index (κ3) is 2.22. The third-order valence-corrected chi connectivity index (χ3v) is 6.51. The lowest BCUT2D eigenvalue weighted by Gasteiger charge is -2.23. The normalized spacial score (nSPS) is 14.4. The smallest absolute Gasteiger partial charge is 0.0574 e. The standard InChI is InChI=1S/C23H15ClIN/c1-26(15-12-10-14(24)11-13-15)23-19-9-5-3-7-17(19)20-21(23)16-6-2-4-8-18(16)22(20)25/h2-13H,1H3. The van der Waals surface area contributed by atoms with Crippen molar-refractivity contribution in [2.75, 3.05) is 11.9 Å². The molecule has 0 fully saturated rings. The molecule has 0 radical (unpaired) electrons. The van der Waals surface area contributed by atoms with Crippen LogP contribution in [0.15, 0.2) is 72.8 Å². The highest BCUT2D eigenvalue weighted by Crippen LogP contribution is 2.57. The van der Waals surface area contributed by atoms with Gasteiger partial charge in [-0.1, -0.05) is 60.1 Å². The molecule has 3 heteroatoms. The van der Waals surface area contributed by atoms with Gasteiger partial charge in [0.15, 0.2) is 0 Å². The van der Waals surface area contributed by atoms with E-state index >= 15 is 0 Å². The molecule has 1 nitrogen and oxygen atoms in total. The van der Waals surface area contributed by atoms with Crippen molar-refractivity contribution in [1.82, 2.24) is 0 Å². The zero-order chi connectivity index (χ0) is 17.8. The molecule has 0 amide bonds. The van der Waals surface area contributed by atoms with Crippen LogP contribution in [0.25, 0.3) is 20.4 Å². The summed E-state index contributed by atoms with van der Waals surface area (Å²) in [5.74, 6) is 0. The molecule has 26 heavy (non-hydrogen) atoms. The van der Waals surface area contributed by atoms with E-state index in [1.54, 1.807) is 0 Å². The summed E-state index contributed by atoms with van der Waals surface area (Å²) < 4.78 is 1.33. The minimum atomic E-state index is 0.757. The van der Waals surface area contributed by atoms with Gasteiger partial charge in [-0.2, -0.15) is 0 Å². The highest BCUT2D eigenvalue weighted by Gasteiger charge is 2.36. The Kier molecular flexibility index (Phi) is 3.73. The van der Waals surface area contributed by atoms with Crippen LogP contribution in [-0.4, -0.2) is 7.05 Å². The first kappa shape index (κ1) is 16.2. The molecule has 0 N–H and O–H groups in total. The van der Waals surface area contributed by atoms with Crippen molar-refractivity contribution in [2.45, 2.75) is 0 Å². The first-order valence-electron chi connectivity index (χ1n) is 8.50. The van der Waals surface area contributed by atoms with Crippen LogP contribution in [0.3, 0.4) is 0 Å². The van der Waals surface area contributed by atoms with E-state index < -0.39 is 0 Å². The van der Waals surface area contributed by atoms with Crippen LogP contribution in [0, 0.1) is 0 Å². The number of fused-ring (bicyclic) bond motifs is 5. The fourth-order valence-corrected chi connectivity index (χ4v) is 5.11. The quantitative estimate of drug-likeness (QED) is 0.368. The Hall–Kier alpha value is -2.04. The topological polar surface area (TPSA) is 3.24 Å². The second kappa shape index (κ2) is 6.00. The Morgan fingerprint density at radius 2 is 1.23 bits per heavy atom. The summed E-state index contributed by atoms with van der Waals surface area (Å²) in [6.45, 7) is 0. The van der Waals surface area contributed by atoms with Gasteiger partial charge in [-0.25, -0.2) is 0 Å². The average Bonchev–Trinajstić information content (AvgIpc) is 3.16. The lowest BCUT2D eigenvalue weighted by molar-refractivity contribution is 1.23. The van der Waals surface area contributed by atoms with E-state index in [1.807, 2.05) is 12.1 Å². The molecule has 3 aromatic rings. The van der Waals surface area contributed by atoms with Crippen LogP contribution in [-0.2, 0) is 0 Å². The summed E-state index contributed by atoms with van der Waals surface area (Å²) in [4.78, 5) is 2.28. The second-order valence-corrected chi connectivity index (χ2v) is 8.05. The number of benzene rings is 3. The lowest BCUT2D eigenvalue weighted by atomic mass is 10.0. The van der Waals surface area contributed by atoms with Gasteiger partial charge in [0.1, 0.15) is 0 Å². The van der Waals surface area contributed by atoms with Gasteiger partial charge in [-0.3, -0.25) is 0 Å². The number of rotatable bonds is 2. The maximum atomic E-state index is 6.09. The van der Waals surface area contributed by atoms with E-state index in [1.165, 1.54) is 42.7 Å². The van der Waals surface area contributed by atoms with Gasteiger partial charge in [0.25, 0.3) is 0 Å². The third-order valence-electron chi connectivity index (χ3n) is 5.14. The van der Waals surface area contributed by atoms with Crippen LogP contribution in [0.2, 0.25) is 5.02 Å². The minimum absolute atomic E-state index is 0.757. The number of allylic oxidation sites excluding steroid dienone is 2. The zero-order valence-electron chi connectivity index (χ0n) is 14.1. The first-order chi connectivity index (χ1) is 12.7. The molecule has 0 atom stereocenters. The van der Waals surface area contributed by atoms with Gasteiger partial charge >= 0.3 is 0 Å². The number of hydrogen-bond donors (Lipinski definition) is 0. The van der Waals surface area contributed by atoms with Crippen molar-refractivity contribution < 1.29 is 0 Å². The van der Waals surface area contributed by atoms with Gasteiger partial charge in [-0.05, 0) is 63.5 Å². The van der Waals surface area contributed by atoms with E-state index in [4.69, 9.17) is 11.6 Å². The van der Waals surface area contributed by atoms with Crippen molar-refractivity contribution in [1.29, 1.82) is 0 Å². The molecule has 0 aromatic heterocycles. The van der Waals surface area contributed by atoms with Gasteiger partial charge in [-0.15, -0.1) is 0 Å². The molecule has 2 aliphatic carbocycles. The molecular formula is C23H15ClIN. The highest BCUT2D eigenvalue weighted by atomic mass is 127. The minimum Gasteiger partial charge on any atom is -0.344 e. The van der Waals surface area contributed by atoms with Crippen LogP contribution in [0.5, 0.6) is 0 Å². The van der Waals surface area contributed by atoms with Gasteiger partial charge in [0.05, 0.1) is 5.70 Å². The maximum Gasteiger partial charge on any atom is 0.0574 e. The number of halogens is 2. The lowest BCUT2D eigenvalue weighted by Crippen LogP contribution is -2.15. The van der Waals surface area contributed by atoms with E-state index in [-0.39, 0.29) is 0 Å². The largest absolute Gasteiger partial charge is 0.344 e. The average molecular weight is 468 g/mol. The summed E-state index contributed by atoms with van der Waals surface area (Å²) in [5.41, 5.74) is 10.3. The first-order valence-corrected chi connectivity index (χ1v) is 9.96. The van der Waals surface area contributed by atoms with E-state index in [2.05, 4.69) is 95.2 Å². The summed E-state index contributed by atoms with van der Waals surface area (Å²) in [7, 11) is 2.14. The van der Waals surface area contributed by atoms with Gasteiger partial charge < -0.3 is 4.90 Å². The summed E-state index contributed by atoms with van der Waals surface area (Å²) in [5, 5.41) is 0.757. The molecule has 0 spiro atoms. The molecule has 2 aliphatic rings. The molecule has 5 rings (SSSR count). The van der Waals surface area contributed by atoms with Crippen LogP contribution in [0.1, 0.15) is 22.3 Å². The van der Waals surface area contributed by atoms with Crippen molar-refractivity contribution in [2.24, 2.45) is 0 Å². The number of hydrogen-bond acceptors (Lipinski definition) is 1. The Morgan fingerprint density at radius 3 is 1.88 bits per heavy atom. The molecular weight excluding hydrogens is 453 g/mol. The van der Waals surface area contributed by atoms with Crippen LogP contribution >= 0.6 is 34.2 Å². The van der Waals surface area contributed by atoms with Crippen LogP contribution < -0.4 is 4.90 Å². The van der Waals surface area contributed by atoms with Crippen molar-refractivity contribution in [3.63, 3.8) is 0 Å². The fourth-order valence-electron chi connectivity index (χ4n) is 3.95. The molecule has 0 aliphatic heterocycles. The molecule has 0 bridgehead atoms. The Labute approximate surface area is 171 Å². The molecule has 0 heterocycles. The highest BCUT2D eigenvalue weighted by molar-refractivity contribution is 14.1. The maximum absolute atomic E-state index is 6.09. The number of anilines is 1. The van der Waals surface area contributed by atoms with Gasteiger partial charge in [0, 0.05) is 38.0 Å². The van der Waals surface area contributed by atoms with Crippen LogP contribution in [0.4, 0.5) is 5.69 Å². The molecule has 0 saturated carbocycles. The van der Waals surface area contributed by atoms with Crippen molar-refractivity contribution in [3.8, 4) is 0 Å². The molecule has 126 valence electrons. The zero-order valence-corrected chi connectivity index (χ0v) is 17.0. The number of nitrogens with zero attached hydrogens (tertiary/aromatic N) is 1. The van der Waals surface area contributed by atoms with E-state index in [0.717, 1.165) is 10.7 Å². The van der Waals surface area contributed by atoms with Crippen molar-refractivity contribution in [3.05, 3.63) is 100 Å². The summed E-state index contributed by atoms with van der Waals surface area (Å²) in [6.07, 6.45) is 0. The Morgan fingerprint density at radius 1 is 0.692 bits per heavy atom. The fraction of sp³-hybridized carbons (Fsp3) is 0.0435. The SMILES string of the molecule is CN(C1=C2C(=C(I)c3ccccc32)c2ccccc21)c1ccc(Cl)cc1. The van der Waals surface area contributed by atoms with E-state index in [9.17, 15) is 0 Å². The molecule has 3 aromatic carbocycles.